The normalized spacial score (nSPS) is 10.9. The Morgan fingerprint density at radius 3 is 2.38 bits per heavy atom. The highest BCUT2D eigenvalue weighted by Gasteiger charge is 2.13. The summed E-state index contributed by atoms with van der Waals surface area (Å²) in [5, 5.41) is 2.19. The molecule has 0 N–H and O–H groups in total. The van der Waals surface area contributed by atoms with E-state index in [-0.39, 0.29) is 6.61 Å². The van der Waals surface area contributed by atoms with E-state index in [0.29, 0.717) is 0 Å². The molecule has 0 heterocycles. The minimum Gasteiger partial charge on any atom is -0.362 e. The van der Waals surface area contributed by atoms with E-state index < -0.39 is 4.87 Å². The van der Waals surface area contributed by atoms with Gasteiger partial charge < -0.3 is 4.84 Å². The van der Waals surface area contributed by atoms with E-state index in [9.17, 15) is 4.91 Å². The van der Waals surface area contributed by atoms with Gasteiger partial charge in [0, 0.05) is 0 Å². The first kappa shape index (κ1) is 7.69. The van der Waals surface area contributed by atoms with Crippen LogP contribution < -0.4 is 0 Å². The van der Waals surface area contributed by atoms with E-state index in [1.807, 2.05) is 0 Å². The fraction of sp³-hybridized carbons (Fsp3) is 1.00. The lowest BCUT2D eigenvalue weighted by Gasteiger charge is -2.10. The van der Waals surface area contributed by atoms with Crippen molar-refractivity contribution in [2.45, 2.75) is 18.7 Å². The molecule has 0 fully saturated rings. The van der Waals surface area contributed by atoms with Crippen LogP contribution in [-0.2, 0) is 4.84 Å². The molecular weight excluding hydrogens is 130 g/mol. The number of halogens is 1. The number of nitrogens with zero attached hydrogens (tertiary/aromatic N) is 1. The number of hydrogen-bond donors (Lipinski definition) is 0. The molecule has 4 heteroatoms. The van der Waals surface area contributed by atoms with Gasteiger partial charge in [-0.05, 0) is 13.8 Å². The fourth-order valence-electron chi connectivity index (χ4n) is 0.180. The Balaban J connectivity index is 3.24. The average molecular weight is 138 g/mol. The van der Waals surface area contributed by atoms with Crippen molar-refractivity contribution >= 4 is 11.6 Å². The molecule has 0 rings (SSSR count). The lowest BCUT2D eigenvalue weighted by atomic mass is 10.2. The minimum atomic E-state index is -0.492. The van der Waals surface area contributed by atoms with Crippen LogP contribution in [0.5, 0.6) is 0 Å². The highest BCUT2D eigenvalue weighted by molar-refractivity contribution is 6.23. The lowest BCUT2D eigenvalue weighted by molar-refractivity contribution is 0.122. The molecule has 3 nitrogen and oxygen atoms in total. The SMILES string of the molecule is CC(C)(Cl)CON=O. The van der Waals surface area contributed by atoms with Crippen molar-refractivity contribution in [3.8, 4) is 0 Å². The van der Waals surface area contributed by atoms with Crippen molar-refractivity contribution < 1.29 is 4.84 Å². The van der Waals surface area contributed by atoms with Gasteiger partial charge in [-0.2, -0.15) is 0 Å². The van der Waals surface area contributed by atoms with E-state index in [1.165, 1.54) is 0 Å². The zero-order valence-electron chi connectivity index (χ0n) is 4.85. The fourth-order valence-corrected chi connectivity index (χ4v) is 0.229. The predicted octanol–water partition coefficient (Wildman–Crippen LogP) is 1.70. The summed E-state index contributed by atoms with van der Waals surface area (Å²) in [4.78, 5) is 13.0. The summed E-state index contributed by atoms with van der Waals surface area (Å²) in [5.41, 5.74) is 0. The Hall–Kier alpha value is -0.310. The van der Waals surface area contributed by atoms with Crippen LogP contribution in [0.25, 0.3) is 0 Å². The molecule has 0 unspecified atom stereocenters. The van der Waals surface area contributed by atoms with Crippen molar-refractivity contribution in [1.82, 2.24) is 0 Å². The third-order valence-corrected chi connectivity index (χ3v) is 0.570. The first-order valence-corrected chi connectivity index (χ1v) is 2.57. The Morgan fingerprint density at radius 2 is 2.25 bits per heavy atom. The van der Waals surface area contributed by atoms with Gasteiger partial charge in [0.2, 0.25) is 0 Å². The molecule has 0 saturated carbocycles. The first-order chi connectivity index (χ1) is 3.56. The van der Waals surface area contributed by atoms with Gasteiger partial charge in [0.1, 0.15) is 6.61 Å². The van der Waals surface area contributed by atoms with Crippen LogP contribution in [0, 0.1) is 4.91 Å². The Labute approximate surface area is 52.9 Å². The van der Waals surface area contributed by atoms with Gasteiger partial charge in [0.15, 0.2) is 5.34 Å². The monoisotopic (exact) mass is 137 g/mol. The van der Waals surface area contributed by atoms with E-state index in [1.54, 1.807) is 13.8 Å². The molecule has 0 atom stereocenters. The molecule has 0 aliphatic carbocycles. The quantitative estimate of drug-likeness (QED) is 0.337. The van der Waals surface area contributed by atoms with Crippen LogP contribution in [0.1, 0.15) is 13.8 Å². The van der Waals surface area contributed by atoms with Gasteiger partial charge in [-0.25, -0.2) is 0 Å². The summed E-state index contributed by atoms with van der Waals surface area (Å²) in [6.07, 6.45) is 0. The molecule has 8 heavy (non-hydrogen) atoms. The summed E-state index contributed by atoms with van der Waals surface area (Å²) in [5.74, 6) is 0. The third-order valence-electron chi connectivity index (χ3n) is 0.460. The largest absolute Gasteiger partial charge is 0.362 e. The van der Waals surface area contributed by atoms with Crippen molar-refractivity contribution in [1.29, 1.82) is 0 Å². The van der Waals surface area contributed by atoms with Crippen LogP contribution in [-0.4, -0.2) is 11.5 Å². The molecule has 0 aliphatic heterocycles. The molecule has 0 spiro atoms. The second kappa shape index (κ2) is 2.87. The molecule has 0 aromatic heterocycles. The summed E-state index contributed by atoms with van der Waals surface area (Å²) in [7, 11) is 0. The molecule has 0 amide bonds. The smallest absolute Gasteiger partial charge is 0.155 e. The third kappa shape index (κ3) is 5.69. The Morgan fingerprint density at radius 1 is 1.75 bits per heavy atom. The van der Waals surface area contributed by atoms with Gasteiger partial charge in [0.05, 0.1) is 4.87 Å². The molecule has 0 saturated heterocycles. The highest BCUT2D eigenvalue weighted by Crippen LogP contribution is 2.11. The van der Waals surface area contributed by atoms with E-state index >= 15 is 0 Å². The van der Waals surface area contributed by atoms with Gasteiger partial charge in [0.25, 0.3) is 0 Å². The van der Waals surface area contributed by atoms with Crippen LogP contribution in [0.2, 0.25) is 0 Å². The Kier molecular flexibility index (Phi) is 2.76. The maximum absolute atomic E-state index is 9.32. The van der Waals surface area contributed by atoms with Gasteiger partial charge in [-0.3, -0.25) is 0 Å². The zero-order valence-corrected chi connectivity index (χ0v) is 5.60. The van der Waals surface area contributed by atoms with Crippen molar-refractivity contribution in [3.05, 3.63) is 4.91 Å². The van der Waals surface area contributed by atoms with Gasteiger partial charge >= 0.3 is 0 Å². The van der Waals surface area contributed by atoms with Crippen LogP contribution in [0.3, 0.4) is 0 Å². The second-order valence-electron chi connectivity index (χ2n) is 2.07. The number of hydrogen-bond acceptors (Lipinski definition) is 3. The maximum atomic E-state index is 9.32. The van der Waals surface area contributed by atoms with Gasteiger partial charge in [-0.1, -0.05) is 0 Å². The molecular formula is C4H8ClNO2. The van der Waals surface area contributed by atoms with Crippen LogP contribution in [0.15, 0.2) is 5.34 Å². The van der Waals surface area contributed by atoms with Crippen molar-refractivity contribution in [2.24, 2.45) is 5.34 Å². The van der Waals surface area contributed by atoms with E-state index in [0.717, 1.165) is 0 Å². The average Bonchev–Trinajstić information content (AvgIpc) is 1.59. The zero-order chi connectivity index (χ0) is 6.62. The molecule has 0 bridgehead atoms. The standard InChI is InChI=1S/C4H8ClNO2/c1-4(2,5)3-8-6-7/h3H2,1-2H3. The molecule has 48 valence electrons. The van der Waals surface area contributed by atoms with Gasteiger partial charge in [-0.15, -0.1) is 16.5 Å². The summed E-state index contributed by atoms with van der Waals surface area (Å²) in [6.45, 7) is 3.62. The topological polar surface area (TPSA) is 38.7 Å². The minimum absolute atomic E-state index is 0.151. The molecule has 0 aromatic carbocycles. The summed E-state index contributed by atoms with van der Waals surface area (Å²) >= 11 is 5.59. The number of alkyl halides is 1. The lowest BCUT2D eigenvalue weighted by Crippen LogP contribution is -2.16. The van der Waals surface area contributed by atoms with Crippen LogP contribution in [0.4, 0.5) is 0 Å². The molecule has 0 radical (unpaired) electrons. The maximum Gasteiger partial charge on any atom is 0.155 e. The van der Waals surface area contributed by atoms with Crippen LogP contribution >= 0.6 is 11.6 Å². The summed E-state index contributed by atoms with van der Waals surface area (Å²) < 4.78 is 0. The second-order valence-corrected chi connectivity index (χ2v) is 3.09. The number of rotatable bonds is 3. The van der Waals surface area contributed by atoms with Crippen molar-refractivity contribution in [2.75, 3.05) is 6.61 Å². The van der Waals surface area contributed by atoms with Crippen molar-refractivity contribution in [3.63, 3.8) is 0 Å². The Bertz CT molecular complexity index is 78.6. The van der Waals surface area contributed by atoms with E-state index in [4.69, 9.17) is 11.6 Å². The first-order valence-electron chi connectivity index (χ1n) is 2.20. The highest BCUT2D eigenvalue weighted by atomic mass is 35.5. The molecule has 0 aliphatic rings. The predicted molar refractivity (Wildman–Crippen MR) is 31.7 cm³/mol. The molecule has 0 aromatic rings. The van der Waals surface area contributed by atoms with E-state index in [2.05, 4.69) is 10.2 Å². The summed E-state index contributed by atoms with van der Waals surface area (Å²) in [6, 6.07) is 0.